The zero-order valence-electron chi connectivity index (χ0n) is 11.4. The molecule has 0 N–H and O–H groups in total. The van der Waals surface area contributed by atoms with E-state index in [9.17, 15) is 0 Å². The third kappa shape index (κ3) is 3.90. The maximum Gasteiger partial charge on any atom is 0.283 e. The van der Waals surface area contributed by atoms with Crippen molar-refractivity contribution in [2.75, 3.05) is 33.5 Å². The van der Waals surface area contributed by atoms with Gasteiger partial charge in [-0.3, -0.25) is 0 Å². The summed E-state index contributed by atoms with van der Waals surface area (Å²) in [5.74, 6) is -0.794. The van der Waals surface area contributed by atoms with Crippen molar-refractivity contribution in [1.29, 1.82) is 0 Å². The molecule has 3 atom stereocenters. The van der Waals surface area contributed by atoms with E-state index in [1.165, 1.54) is 6.42 Å². The van der Waals surface area contributed by atoms with Crippen molar-refractivity contribution in [3.05, 3.63) is 0 Å². The van der Waals surface area contributed by atoms with E-state index in [0.717, 1.165) is 19.3 Å². The van der Waals surface area contributed by atoms with Crippen LogP contribution in [0.4, 0.5) is 0 Å². The smallest absolute Gasteiger partial charge is 0.283 e. The number of ether oxygens (including phenoxy) is 5. The van der Waals surface area contributed by atoms with E-state index < -0.39 is 5.97 Å². The maximum atomic E-state index is 5.88. The van der Waals surface area contributed by atoms with Gasteiger partial charge in [-0.1, -0.05) is 6.42 Å². The van der Waals surface area contributed by atoms with Crippen molar-refractivity contribution in [2.45, 2.75) is 50.8 Å². The molecule has 2 rings (SSSR count). The van der Waals surface area contributed by atoms with Crippen molar-refractivity contribution in [3.8, 4) is 0 Å². The van der Waals surface area contributed by atoms with E-state index in [4.69, 9.17) is 23.7 Å². The largest absolute Gasteiger partial charge is 0.379 e. The highest BCUT2D eigenvalue weighted by atomic mass is 16.9. The van der Waals surface area contributed by atoms with Crippen LogP contribution in [0.1, 0.15) is 32.6 Å². The van der Waals surface area contributed by atoms with Gasteiger partial charge in [-0.2, -0.15) is 0 Å². The van der Waals surface area contributed by atoms with E-state index in [1.807, 2.05) is 6.92 Å². The average molecular weight is 260 g/mol. The molecule has 0 aromatic heterocycles. The Balaban J connectivity index is 1.70. The average Bonchev–Trinajstić information content (AvgIpc) is 2.62. The lowest BCUT2D eigenvalue weighted by Crippen LogP contribution is -2.34. The Morgan fingerprint density at radius 2 is 2.17 bits per heavy atom. The van der Waals surface area contributed by atoms with Crippen LogP contribution in [0.15, 0.2) is 0 Å². The van der Waals surface area contributed by atoms with Gasteiger partial charge in [0.25, 0.3) is 5.97 Å². The van der Waals surface area contributed by atoms with E-state index in [2.05, 4.69) is 0 Å². The van der Waals surface area contributed by atoms with Gasteiger partial charge in [-0.05, 0) is 19.8 Å². The van der Waals surface area contributed by atoms with Crippen LogP contribution in [0.25, 0.3) is 0 Å². The summed E-state index contributed by atoms with van der Waals surface area (Å²) in [7, 11) is 1.68. The van der Waals surface area contributed by atoms with Crippen molar-refractivity contribution >= 4 is 0 Å². The summed E-state index contributed by atoms with van der Waals surface area (Å²) >= 11 is 0. The van der Waals surface area contributed by atoms with Crippen LogP contribution in [-0.4, -0.2) is 51.7 Å². The fourth-order valence-corrected chi connectivity index (χ4v) is 2.18. The van der Waals surface area contributed by atoms with Crippen LogP contribution in [0.2, 0.25) is 0 Å². The first-order valence-electron chi connectivity index (χ1n) is 6.80. The van der Waals surface area contributed by atoms with Gasteiger partial charge < -0.3 is 23.7 Å². The van der Waals surface area contributed by atoms with Crippen LogP contribution < -0.4 is 0 Å². The number of hydrogen-bond donors (Lipinski definition) is 0. The Labute approximate surface area is 109 Å². The van der Waals surface area contributed by atoms with E-state index in [0.29, 0.717) is 26.4 Å². The molecule has 2 saturated heterocycles. The van der Waals surface area contributed by atoms with Gasteiger partial charge in [0.2, 0.25) is 0 Å². The first kappa shape index (κ1) is 14.2. The van der Waals surface area contributed by atoms with Crippen molar-refractivity contribution in [2.24, 2.45) is 0 Å². The summed E-state index contributed by atoms with van der Waals surface area (Å²) in [4.78, 5) is 0. The summed E-state index contributed by atoms with van der Waals surface area (Å²) in [6.07, 6.45) is 4.25. The molecule has 2 aliphatic heterocycles. The van der Waals surface area contributed by atoms with Crippen LogP contribution in [0, 0.1) is 0 Å². The third-order valence-electron chi connectivity index (χ3n) is 3.34. The Hall–Kier alpha value is -0.200. The molecule has 0 aromatic carbocycles. The molecule has 3 unspecified atom stereocenters. The zero-order valence-corrected chi connectivity index (χ0v) is 11.4. The molecule has 0 radical (unpaired) electrons. The second-order valence-electron chi connectivity index (χ2n) is 4.98. The lowest BCUT2D eigenvalue weighted by Gasteiger charge is -2.25. The molecule has 5 nitrogen and oxygen atoms in total. The van der Waals surface area contributed by atoms with E-state index in [-0.39, 0.29) is 12.2 Å². The summed E-state index contributed by atoms with van der Waals surface area (Å²) in [6.45, 7) is 4.33. The number of methoxy groups -OCH3 is 1. The predicted molar refractivity (Wildman–Crippen MR) is 65.3 cm³/mol. The van der Waals surface area contributed by atoms with E-state index in [1.54, 1.807) is 7.11 Å². The molecular formula is C13H24O5. The van der Waals surface area contributed by atoms with Gasteiger partial charge in [-0.25, -0.2) is 0 Å². The predicted octanol–water partition coefficient (Wildman–Crippen LogP) is 1.70. The van der Waals surface area contributed by atoms with Crippen molar-refractivity contribution in [3.63, 3.8) is 0 Å². The fraction of sp³-hybridized carbons (Fsp3) is 1.00. The summed E-state index contributed by atoms with van der Waals surface area (Å²) < 4.78 is 28.0. The third-order valence-corrected chi connectivity index (χ3v) is 3.34. The molecule has 0 bridgehead atoms. The Morgan fingerprint density at radius 1 is 1.28 bits per heavy atom. The molecule has 0 aromatic rings. The molecule has 18 heavy (non-hydrogen) atoms. The molecule has 0 amide bonds. The quantitative estimate of drug-likeness (QED) is 0.753. The van der Waals surface area contributed by atoms with Gasteiger partial charge in [-0.15, -0.1) is 0 Å². The number of rotatable bonds is 5. The standard InChI is InChI=1S/C13H24O5/c1-11(14-2)8-15-9-12-10-17-13(18-12)6-4-3-5-7-16-13/h11-12H,3-10H2,1-2H3. The molecule has 0 aliphatic carbocycles. The van der Waals surface area contributed by atoms with Gasteiger partial charge in [0, 0.05) is 13.5 Å². The van der Waals surface area contributed by atoms with E-state index >= 15 is 0 Å². The Kier molecular flexibility index (Phi) is 5.38. The first-order chi connectivity index (χ1) is 8.74. The highest BCUT2D eigenvalue weighted by Crippen LogP contribution is 2.33. The summed E-state index contributed by atoms with van der Waals surface area (Å²) in [5, 5.41) is 0. The van der Waals surface area contributed by atoms with Crippen molar-refractivity contribution in [1.82, 2.24) is 0 Å². The zero-order chi connectivity index (χ0) is 12.8. The molecule has 2 fully saturated rings. The van der Waals surface area contributed by atoms with Crippen LogP contribution in [0.5, 0.6) is 0 Å². The highest BCUT2D eigenvalue weighted by Gasteiger charge is 2.43. The van der Waals surface area contributed by atoms with Gasteiger partial charge in [0.1, 0.15) is 6.10 Å². The normalized spacial score (nSPS) is 34.7. The Morgan fingerprint density at radius 3 is 3.00 bits per heavy atom. The fourth-order valence-electron chi connectivity index (χ4n) is 2.18. The highest BCUT2D eigenvalue weighted by molar-refractivity contribution is 4.73. The minimum absolute atomic E-state index is 0.0350. The minimum atomic E-state index is -0.794. The second-order valence-corrected chi connectivity index (χ2v) is 4.98. The number of hydrogen-bond acceptors (Lipinski definition) is 5. The monoisotopic (exact) mass is 260 g/mol. The lowest BCUT2D eigenvalue weighted by molar-refractivity contribution is -0.337. The summed E-state index contributed by atoms with van der Waals surface area (Å²) in [6, 6.07) is 0. The summed E-state index contributed by atoms with van der Waals surface area (Å²) in [5.41, 5.74) is 0. The van der Waals surface area contributed by atoms with Gasteiger partial charge in [0.15, 0.2) is 0 Å². The molecule has 1 spiro atoms. The molecular weight excluding hydrogens is 236 g/mol. The van der Waals surface area contributed by atoms with Crippen LogP contribution in [-0.2, 0) is 23.7 Å². The SMILES string of the molecule is COC(C)COCC1COC2(CCCCCO2)O1. The molecule has 0 saturated carbocycles. The minimum Gasteiger partial charge on any atom is -0.379 e. The topological polar surface area (TPSA) is 46.2 Å². The Bertz CT molecular complexity index is 238. The van der Waals surface area contributed by atoms with Crippen LogP contribution in [0.3, 0.4) is 0 Å². The van der Waals surface area contributed by atoms with Gasteiger partial charge >= 0.3 is 0 Å². The molecule has 5 heteroatoms. The van der Waals surface area contributed by atoms with Gasteiger partial charge in [0.05, 0.1) is 32.5 Å². The molecule has 2 heterocycles. The van der Waals surface area contributed by atoms with Crippen molar-refractivity contribution < 1.29 is 23.7 Å². The maximum absolute atomic E-state index is 5.88. The molecule has 2 aliphatic rings. The lowest BCUT2D eigenvalue weighted by atomic mass is 10.2. The second kappa shape index (κ2) is 6.82. The van der Waals surface area contributed by atoms with Crippen LogP contribution >= 0.6 is 0 Å². The first-order valence-corrected chi connectivity index (χ1v) is 6.80. The molecule has 106 valence electrons.